The second-order valence-corrected chi connectivity index (χ2v) is 10.1. The predicted molar refractivity (Wildman–Crippen MR) is 118 cm³/mol. The zero-order valence-electron chi connectivity index (χ0n) is 18.3. The topological polar surface area (TPSA) is 102 Å². The van der Waals surface area contributed by atoms with Crippen LogP contribution < -0.4 is 4.74 Å². The number of rotatable bonds is 7. The molecule has 0 bridgehead atoms. The van der Waals surface area contributed by atoms with Crippen molar-refractivity contribution >= 4 is 21.7 Å². The molecule has 2 aliphatic heterocycles. The van der Waals surface area contributed by atoms with Gasteiger partial charge in [-0.3, -0.25) is 14.5 Å². The standard InChI is InChI=1S/C23H20F2N4O5S/c24-23(25)34-18-6-8-19(9-7-18)35(32,33)29-11-16-10-28(14-20(16)26-29)22(31)21(27-12-17(30)13-27)15-4-2-1-3-5-15/h1-9,11,21,23H,10,12-14H2/t21-/m1/s1. The Hall–Kier alpha value is -3.64. The van der Waals surface area contributed by atoms with E-state index in [1.165, 1.54) is 6.20 Å². The lowest BCUT2D eigenvalue weighted by Gasteiger charge is -2.38. The molecule has 182 valence electrons. The van der Waals surface area contributed by atoms with E-state index < -0.39 is 22.7 Å². The van der Waals surface area contributed by atoms with E-state index in [0.29, 0.717) is 11.3 Å². The summed E-state index contributed by atoms with van der Waals surface area (Å²) in [6, 6.07) is 13.2. The molecule has 1 fully saturated rings. The minimum atomic E-state index is -4.06. The van der Waals surface area contributed by atoms with Gasteiger partial charge in [0.25, 0.3) is 10.0 Å². The number of hydrogen-bond donors (Lipinski definition) is 0. The summed E-state index contributed by atoms with van der Waals surface area (Å²) in [5.74, 6) is -0.280. The van der Waals surface area contributed by atoms with Gasteiger partial charge < -0.3 is 9.64 Å². The number of carbonyl (C=O) groups is 2. The van der Waals surface area contributed by atoms with Gasteiger partial charge in [-0.15, -0.1) is 0 Å². The maximum atomic E-state index is 13.4. The van der Waals surface area contributed by atoms with E-state index in [2.05, 4.69) is 9.84 Å². The first-order chi connectivity index (χ1) is 16.7. The molecule has 9 nitrogen and oxygen atoms in total. The van der Waals surface area contributed by atoms with Crippen LogP contribution in [0.2, 0.25) is 0 Å². The fourth-order valence-corrected chi connectivity index (χ4v) is 5.38. The average Bonchev–Trinajstić information content (AvgIpc) is 3.39. The number of ether oxygens (including phenoxy) is 1. The van der Waals surface area contributed by atoms with E-state index in [4.69, 9.17) is 0 Å². The van der Waals surface area contributed by atoms with E-state index in [-0.39, 0.29) is 48.5 Å². The van der Waals surface area contributed by atoms with Gasteiger partial charge in [0.2, 0.25) is 5.91 Å². The lowest BCUT2D eigenvalue weighted by Crippen LogP contribution is -2.53. The zero-order valence-corrected chi connectivity index (χ0v) is 19.1. The largest absolute Gasteiger partial charge is 0.435 e. The molecule has 3 heterocycles. The van der Waals surface area contributed by atoms with Crippen molar-refractivity contribution in [1.29, 1.82) is 0 Å². The normalized spacial score (nSPS) is 16.8. The summed E-state index contributed by atoms with van der Waals surface area (Å²) in [4.78, 5) is 28.2. The first-order valence-electron chi connectivity index (χ1n) is 10.7. The fourth-order valence-electron chi connectivity index (χ4n) is 4.21. The third-order valence-electron chi connectivity index (χ3n) is 5.94. The summed E-state index contributed by atoms with van der Waals surface area (Å²) < 4.78 is 55.6. The number of benzene rings is 2. The Morgan fingerprint density at radius 1 is 0.971 bits per heavy atom. The number of Topliss-reactive ketones (excluding diaryl/α,β-unsaturated/α-hetero) is 1. The van der Waals surface area contributed by atoms with E-state index in [1.54, 1.807) is 4.90 Å². The highest BCUT2D eigenvalue weighted by atomic mass is 32.2. The number of aromatic nitrogens is 2. The number of hydrogen-bond acceptors (Lipinski definition) is 7. The average molecular weight is 502 g/mol. The van der Waals surface area contributed by atoms with Crippen LogP contribution in [0.3, 0.4) is 0 Å². The maximum absolute atomic E-state index is 13.4. The number of alkyl halides is 2. The molecule has 12 heteroatoms. The van der Waals surface area contributed by atoms with E-state index in [9.17, 15) is 26.8 Å². The van der Waals surface area contributed by atoms with Gasteiger partial charge in [0, 0.05) is 18.3 Å². The Balaban J connectivity index is 1.33. The lowest BCUT2D eigenvalue weighted by molar-refractivity contribution is -0.144. The number of nitrogens with zero attached hydrogens (tertiary/aromatic N) is 4. The van der Waals surface area contributed by atoms with Crippen LogP contribution in [0.1, 0.15) is 22.9 Å². The number of amides is 1. The molecule has 35 heavy (non-hydrogen) atoms. The quantitative estimate of drug-likeness (QED) is 0.488. The van der Waals surface area contributed by atoms with Gasteiger partial charge in [-0.25, -0.2) is 0 Å². The molecule has 0 aliphatic carbocycles. The summed E-state index contributed by atoms with van der Waals surface area (Å²) >= 11 is 0. The van der Waals surface area contributed by atoms with Crippen LogP contribution in [0.5, 0.6) is 5.75 Å². The molecule has 1 saturated heterocycles. The molecule has 2 aliphatic rings. The highest BCUT2D eigenvalue weighted by Gasteiger charge is 2.40. The minimum absolute atomic E-state index is 0.0683. The second kappa shape index (κ2) is 8.86. The monoisotopic (exact) mass is 502 g/mol. The van der Waals surface area contributed by atoms with Crippen LogP contribution in [0.4, 0.5) is 8.78 Å². The minimum Gasteiger partial charge on any atom is -0.435 e. The Labute approximate surface area is 199 Å². The number of ketones is 1. The van der Waals surface area contributed by atoms with Gasteiger partial charge in [-0.1, -0.05) is 30.3 Å². The summed E-state index contributed by atoms with van der Waals surface area (Å²) in [5.41, 5.74) is 1.82. The van der Waals surface area contributed by atoms with Crippen LogP contribution in [-0.4, -0.2) is 58.8 Å². The highest BCUT2D eigenvalue weighted by molar-refractivity contribution is 7.89. The molecule has 3 aromatic rings. The number of carbonyl (C=O) groups excluding carboxylic acids is 2. The molecule has 0 unspecified atom stereocenters. The molecular weight excluding hydrogens is 482 g/mol. The molecule has 1 atom stereocenters. The van der Waals surface area contributed by atoms with Gasteiger partial charge in [0.05, 0.1) is 30.2 Å². The Kier molecular flexibility index (Phi) is 5.85. The van der Waals surface area contributed by atoms with E-state index in [1.807, 2.05) is 35.2 Å². The van der Waals surface area contributed by atoms with Crippen molar-refractivity contribution < 1.29 is 31.5 Å². The second-order valence-electron chi connectivity index (χ2n) is 8.28. The van der Waals surface area contributed by atoms with Gasteiger partial charge in [0.15, 0.2) is 5.78 Å². The highest BCUT2D eigenvalue weighted by Crippen LogP contribution is 2.31. The third kappa shape index (κ3) is 4.42. The van der Waals surface area contributed by atoms with Crippen molar-refractivity contribution in [3.63, 3.8) is 0 Å². The van der Waals surface area contributed by atoms with Crippen molar-refractivity contribution in [3.05, 3.63) is 77.6 Å². The van der Waals surface area contributed by atoms with Crippen molar-refractivity contribution in [2.45, 2.75) is 30.6 Å². The predicted octanol–water partition coefficient (Wildman–Crippen LogP) is 2.19. The van der Waals surface area contributed by atoms with Crippen LogP contribution in [0, 0.1) is 0 Å². The molecule has 5 rings (SSSR count). The molecule has 0 spiro atoms. The van der Waals surface area contributed by atoms with Crippen LogP contribution in [0.15, 0.2) is 65.7 Å². The zero-order chi connectivity index (χ0) is 24.7. The lowest BCUT2D eigenvalue weighted by atomic mass is 10.00. The van der Waals surface area contributed by atoms with Gasteiger partial charge in [-0.05, 0) is 29.8 Å². The Morgan fingerprint density at radius 3 is 2.26 bits per heavy atom. The van der Waals surface area contributed by atoms with Crippen LogP contribution in [0.25, 0.3) is 0 Å². The molecule has 0 saturated carbocycles. The summed E-state index contributed by atoms with van der Waals surface area (Å²) in [6.45, 7) is -2.30. The van der Waals surface area contributed by atoms with E-state index >= 15 is 0 Å². The first-order valence-corrected chi connectivity index (χ1v) is 12.1. The fraction of sp³-hybridized carbons (Fsp3) is 0.261. The summed E-state index contributed by atoms with van der Waals surface area (Å²) in [5, 5.41) is 4.18. The first kappa shape index (κ1) is 23.1. The van der Waals surface area contributed by atoms with Crippen molar-refractivity contribution in [3.8, 4) is 5.75 Å². The molecule has 2 aromatic carbocycles. The molecule has 1 amide bonds. The van der Waals surface area contributed by atoms with Crippen LogP contribution >= 0.6 is 0 Å². The molecule has 0 N–H and O–H groups in total. The van der Waals surface area contributed by atoms with Crippen molar-refractivity contribution in [2.75, 3.05) is 13.1 Å². The molecule has 1 aromatic heterocycles. The summed E-state index contributed by atoms with van der Waals surface area (Å²) in [7, 11) is -4.06. The Bertz CT molecular complexity index is 1350. The Morgan fingerprint density at radius 2 is 1.66 bits per heavy atom. The van der Waals surface area contributed by atoms with Crippen LogP contribution in [-0.2, 0) is 32.7 Å². The van der Waals surface area contributed by atoms with Gasteiger partial charge >= 0.3 is 6.61 Å². The maximum Gasteiger partial charge on any atom is 0.387 e. The number of halogens is 2. The number of fused-ring (bicyclic) bond motifs is 1. The van der Waals surface area contributed by atoms with E-state index in [0.717, 1.165) is 33.9 Å². The van der Waals surface area contributed by atoms with Crippen molar-refractivity contribution in [2.24, 2.45) is 0 Å². The van der Waals surface area contributed by atoms with Crippen molar-refractivity contribution in [1.82, 2.24) is 19.0 Å². The smallest absolute Gasteiger partial charge is 0.387 e. The summed E-state index contributed by atoms with van der Waals surface area (Å²) in [6.07, 6.45) is 1.35. The molecule has 0 radical (unpaired) electrons. The third-order valence-corrected chi connectivity index (χ3v) is 7.48. The van der Waals surface area contributed by atoms with Gasteiger partial charge in [-0.2, -0.15) is 26.4 Å². The number of likely N-dealkylation sites (tertiary alicyclic amines) is 1. The SMILES string of the molecule is O=C1CN([C@@H](C(=O)N2Cc3cn(S(=O)(=O)c4ccc(OC(F)F)cc4)nc3C2)c2ccccc2)C1. The molecular formula is C23H20F2N4O5S. The van der Waals surface area contributed by atoms with Gasteiger partial charge in [0.1, 0.15) is 11.8 Å².